The first kappa shape index (κ1) is 34.1. The monoisotopic (exact) mass is 665 g/mol. The van der Waals surface area contributed by atoms with E-state index < -0.39 is 0 Å². The van der Waals surface area contributed by atoms with Crippen LogP contribution in [0.5, 0.6) is 0 Å². The van der Waals surface area contributed by atoms with Gasteiger partial charge in [-0.15, -0.1) is 11.6 Å². The SMILES string of the molecule is CC(C)(C)c1ccc2c(c1)-c1cc(C(C)(C)C)ccc1C2C1=[C-]C(=C(c2ccccc2)c2ccccc2)C=C1.[Cl-].[Cl-].[Zr+3]. The van der Waals surface area contributed by atoms with E-state index in [9.17, 15) is 0 Å². The summed E-state index contributed by atoms with van der Waals surface area (Å²) in [7, 11) is 0. The molecule has 0 fully saturated rings. The normalized spacial score (nSPS) is 13.8. The van der Waals surface area contributed by atoms with Crippen molar-refractivity contribution in [3.05, 3.63) is 160 Å². The Hall–Kier alpha value is -2.44. The molecule has 6 rings (SSSR count). The molecule has 0 saturated heterocycles. The van der Waals surface area contributed by atoms with Crippen LogP contribution in [0.25, 0.3) is 16.7 Å². The molecule has 2 aliphatic carbocycles. The van der Waals surface area contributed by atoms with E-state index in [2.05, 4.69) is 157 Å². The predicted molar refractivity (Wildman–Crippen MR) is 166 cm³/mol. The summed E-state index contributed by atoms with van der Waals surface area (Å²) in [5.74, 6) is 0.180. The van der Waals surface area contributed by atoms with Gasteiger partial charge in [0.05, 0.1) is 0 Å². The van der Waals surface area contributed by atoms with Crippen molar-refractivity contribution in [2.24, 2.45) is 0 Å². The van der Waals surface area contributed by atoms with Crippen molar-refractivity contribution in [3.63, 3.8) is 0 Å². The van der Waals surface area contributed by atoms with Crippen LogP contribution in [0.4, 0.5) is 0 Å². The molecule has 0 spiro atoms. The number of benzene rings is 4. The molecular formula is C39H37Cl2Zr. The zero-order valence-electron chi connectivity index (χ0n) is 25.2. The summed E-state index contributed by atoms with van der Waals surface area (Å²) < 4.78 is 0. The Morgan fingerprint density at radius 2 is 1.00 bits per heavy atom. The molecule has 0 amide bonds. The molecule has 4 aromatic carbocycles. The minimum absolute atomic E-state index is 0. The second-order valence-electron chi connectivity index (χ2n) is 13.0. The van der Waals surface area contributed by atoms with E-state index in [1.54, 1.807) is 0 Å². The zero-order valence-corrected chi connectivity index (χ0v) is 29.2. The Morgan fingerprint density at radius 1 is 0.571 bits per heavy atom. The van der Waals surface area contributed by atoms with Crippen molar-refractivity contribution >= 4 is 5.57 Å². The average molecular weight is 668 g/mol. The smallest absolute Gasteiger partial charge is 1.00 e. The molecule has 1 radical (unpaired) electrons. The number of halogens is 2. The van der Waals surface area contributed by atoms with Crippen molar-refractivity contribution in [3.8, 4) is 11.1 Å². The molecule has 0 N–H and O–H groups in total. The van der Waals surface area contributed by atoms with Gasteiger partial charge < -0.3 is 24.8 Å². The third-order valence-corrected chi connectivity index (χ3v) is 8.16. The van der Waals surface area contributed by atoms with Crippen LogP contribution in [0.15, 0.2) is 120 Å². The number of allylic oxidation sites excluding steroid dienone is 5. The van der Waals surface area contributed by atoms with Gasteiger partial charge in [0.1, 0.15) is 0 Å². The maximum Gasteiger partial charge on any atom is 3.00 e. The second-order valence-corrected chi connectivity index (χ2v) is 13.0. The Labute approximate surface area is 284 Å². The summed E-state index contributed by atoms with van der Waals surface area (Å²) in [5, 5.41) is 0. The second kappa shape index (κ2) is 13.1. The summed E-state index contributed by atoms with van der Waals surface area (Å²) in [6.07, 6.45) is 8.44. The Kier molecular flexibility index (Phi) is 10.6. The van der Waals surface area contributed by atoms with Crippen molar-refractivity contribution < 1.29 is 51.0 Å². The Bertz CT molecular complexity index is 1540. The van der Waals surface area contributed by atoms with Crippen LogP contribution in [-0.4, -0.2) is 0 Å². The van der Waals surface area contributed by atoms with E-state index in [1.165, 1.54) is 55.7 Å². The van der Waals surface area contributed by atoms with Crippen LogP contribution in [-0.2, 0) is 37.0 Å². The minimum atomic E-state index is 0. The molecule has 0 heterocycles. The van der Waals surface area contributed by atoms with E-state index >= 15 is 0 Å². The molecular weight excluding hydrogens is 631 g/mol. The van der Waals surface area contributed by atoms with Gasteiger partial charge in [-0.2, -0.15) is 17.7 Å². The van der Waals surface area contributed by atoms with Crippen LogP contribution in [0.1, 0.15) is 80.8 Å². The van der Waals surface area contributed by atoms with Crippen LogP contribution in [0.3, 0.4) is 0 Å². The maximum absolute atomic E-state index is 3.89. The van der Waals surface area contributed by atoms with Gasteiger partial charge in [0.25, 0.3) is 0 Å². The summed E-state index contributed by atoms with van der Waals surface area (Å²) in [4.78, 5) is 0. The van der Waals surface area contributed by atoms with Crippen molar-refractivity contribution in [1.29, 1.82) is 0 Å². The molecule has 0 unspecified atom stereocenters. The molecule has 0 saturated carbocycles. The van der Waals surface area contributed by atoms with Crippen molar-refractivity contribution in [1.82, 2.24) is 0 Å². The third-order valence-electron chi connectivity index (χ3n) is 8.16. The molecule has 0 aromatic heterocycles. The molecule has 211 valence electrons. The molecule has 4 aromatic rings. The van der Waals surface area contributed by atoms with Gasteiger partial charge in [0.2, 0.25) is 0 Å². The van der Waals surface area contributed by atoms with Crippen LogP contribution in [0.2, 0.25) is 0 Å². The van der Waals surface area contributed by atoms with Gasteiger partial charge in [-0.1, -0.05) is 155 Å². The first-order chi connectivity index (χ1) is 18.6. The minimum Gasteiger partial charge on any atom is -1.00 e. The summed E-state index contributed by atoms with van der Waals surface area (Å²) in [6.45, 7) is 13.8. The van der Waals surface area contributed by atoms with Crippen LogP contribution < -0.4 is 24.8 Å². The fourth-order valence-electron chi connectivity index (χ4n) is 5.93. The topological polar surface area (TPSA) is 0 Å². The maximum atomic E-state index is 3.89. The number of hydrogen-bond acceptors (Lipinski definition) is 0. The standard InChI is InChI=1S/C39H37.2ClH.Zr/c1-38(2,3)30-19-21-32-34(24-30)35-25-31(39(4,5)6)20-22-33(35)37(32)29-18-17-28(23-29)36(26-13-9-7-10-14-26)27-15-11-8-12-16-27;;;/h7-22,24-25,37H,1-6H3;2*1H;/q-1;;;+3/p-2. The molecule has 42 heavy (non-hydrogen) atoms. The van der Waals surface area contributed by atoms with Gasteiger partial charge in [-0.3, -0.25) is 0 Å². The van der Waals surface area contributed by atoms with Crippen molar-refractivity contribution in [2.45, 2.75) is 58.3 Å². The fourth-order valence-corrected chi connectivity index (χ4v) is 5.93. The van der Waals surface area contributed by atoms with E-state index in [1.807, 2.05) is 0 Å². The first-order valence-electron chi connectivity index (χ1n) is 14.1. The largest absolute Gasteiger partial charge is 3.00 e. The van der Waals surface area contributed by atoms with Crippen LogP contribution in [0, 0.1) is 6.08 Å². The van der Waals surface area contributed by atoms with Gasteiger partial charge >= 0.3 is 26.2 Å². The molecule has 0 atom stereocenters. The number of fused-ring (bicyclic) bond motifs is 3. The van der Waals surface area contributed by atoms with E-state index in [0.717, 1.165) is 5.57 Å². The summed E-state index contributed by atoms with van der Waals surface area (Å²) >= 11 is 0. The molecule has 0 bridgehead atoms. The average Bonchev–Trinajstić information content (AvgIpc) is 3.51. The van der Waals surface area contributed by atoms with Gasteiger partial charge in [0.15, 0.2) is 0 Å². The van der Waals surface area contributed by atoms with Crippen LogP contribution >= 0.6 is 0 Å². The van der Waals surface area contributed by atoms with Gasteiger partial charge in [0, 0.05) is 5.92 Å². The quantitative estimate of drug-likeness (QED) is 0.288. The first-order valence-corrected chi connectivity index (χ1v) is 14.1. The van der Waals surface area contributed by atoms with Gasteiger partial charge in [-0.25, -0.2) is 0 Å². The molecule has 2 aliphatic rings. The molecule has 0 nitrogen and oxygen atoms in total. The molecule has 3 heteroatoms. The van der Waals surface area contributed by atoms with Crippen molar-refractivity contribution in [2.75, 3.05) is 0 Å². The Morgan fingerprint density at radius 3 is 1.40 bits per heavy atom. The molecule has 0 aliphatic heterocycles. The fraction of sp³-hybridized carbons (Fsp3) is 0.231. The third kappa shape index (κ3) is 6.40. The number of rotatable bonds is 3. The predicted octanol–water partition coefficient (Wildman–Crippen LogP) is 4.20. The summed E-state index contributed by atoms with van der Waals surface area (Å²) in [5.41, 5.74) is 14.5. The van der Waals surface area contributed by atoms with E-state index in [-0.39, 0.29) is 67.8 Å². The summed E-state index contributed by atoms with van der Waals surface area (Å²) in [6, 6.07) is 35.7. The van der Waals surface area contributed by atoms with Gasteiger partial charge in [-0.05, 0) is 44.2 Å². The zero-order chi connectivity index (χ0) is 27.4. The van der Waals surface area contributed by atoms with E-state index in [4.69, 9.17) is 0 Å². The number of hydrogen-bond donors (Lipinski definition) is 0. The Balaban J connectivity index is 0.00000161. The van der Waals surface area contributed by atoms with E-state index in [0.29, 0.717) is 0 Å².